The molecule has 8 heteroatoms. The fourth-order valence-corrected chi connectivity index (χ4v) is 3.87. The number of benzene rings is 2. The summed E-state index contributed by atoms with van der Waals surface area (Å²) in [7, 11) is 0. The number of esters is 1. The molecule has 1 heterocycles. The first-order valence-corrected chi connectivity index (χ1v) is 11.2. The number of hydrogen-bond acceptors (Lipinski definition) is 6. The van der Waals surface area contributed by atoms with Crippen molar-refractivity contribution in [2.75, 3.05) is 25.0 Å². The fraction of sp³-hybridized carbons (Fsp3) is 0.400. The van der Waals surface area contributed by atoms with Crippen molar-refractivity contribution in [1.82, 2.24) is 4.90 Å². The van der Waals surface area contributed by atoms with Gasteiger partial charge in [-0.15, -0.1) is 0 Å². The maximum absolute atomic E-state index is 13.0. The van der Waals surface area contributed by atoms with E-state index in [1.807, 2.05) is 13.8 Å². The minimum atomic E-state index is -0.946. The monoisotopic (exact) mass is 454 g/mol. The van der Waals surface area contributed by atoms with Gasteiger partial charge in [-0.05, 0) is 75.1 Å². The maximum Gasteiger partial charge on any atom is 0.397 e. The maximum atomic E-state index is 13.0. The van der Waals surface area contributed by atoms with Gasteiger partial charge in [-0.25, -0.2) is 4.79 Å². The third kappa shape index (κ3) is 6.03. The van der Waals surface area contributed by atoms with Gasteiger partial charge in [0.1, 0.15) is 17.2 Å². The van der Waals surface area contributed by atoms with Crippen LogP contribution < -0.4 is 10.1 Å². The second kappa shape index (κ2) is 10.8. The van der Waals surface area contributed by atoms with Crippen molar-refractivity contribution in [2.24, 2.45) is 0 Å². The smallest absolute Gasteiger partial charge is 0.397 e. The van der Waals surface area contributed by atoms with E-state index in [9.17, 15) is 19.5 Å². The number of nitrogens with zero attached hydrogens (tertiary/aromatic N) is 1. The molecule has 3 rings (SSSR count). The summed E-state index contributed by atoms with van der Waals surface area (Å²) >= 11 is 0. The highest BCUT2D eigenvalue weighted by atomic mass is 16.5. The molecule has 0 unspecified atom stereocenters. The number of amides is 2. The number of rotatable bonds is 5. The Morgan fingerprint density at radius 3 is 2.24 bits per heavy atom. The Kier molecular flexibility index (Phi) is 7.92. The quantitative estimate of drug-likeness (QED) is 0.515. The van der Waals surface area contributed by atoms with E-state index < -0.39 is 11.9 Å². The van der Waals surface area contributed by atoms with Crippen LogP contribution in [0.1, 0.15) is 54.1 Å². The molecular formula is C25H30N2O6. The Bertz CT molecular complexity index is 1020. The van der Waals surface area contributed by atoms with Gasteiger partial charge in [0.2, 0.25) is 0 Å². The molecule has 0 atom stereocenters. The molecule has 2 amide bonds. The highest BCUT2D eigenvalue weighted by molar-refractivity contribution is 6.37. The van der Waals surface area contributed by atoms with E-state index in [-0.39, 0.29) is 23.8 Å². The average Bonchev–Trinajstić information content (AvgIpc) is 3.06. The second-order valence-electron chi connectivity index (χ2n) is 8.10. The molecule has 2 N–H and O–H groups in total. The zero-order valence-corrected chi connectivity index (χ0v) is 19.3. The Labute approximate surface area is 193 Å². The lowest BCUT2D eigenvalue weighted by molar-refractivity contribution is -0.152. The summed E-state index contributed by atoms with van der Waals surface area (Å²) in [5.41, 5.74) is 2.10. The molecule has 2 aromatic carbocycles. The number of likely N-dealkylation sites (tertiary alicyclic amines) is 1. The van der Waals surface area contributed by atoms with E-state index in [2.05, 4.69) is 5.32 Å². The number of ether oxygens (including phenoxy) is 2. The van der Waals surface area contributed by atoms with Crippen LogP contribution in [0.15, 0.2) is 30.3 Å². The summed E-state index contributed by atoms with van der Waals surface area (Å²) in [6, 6.07) is 7.98. The Morgan fingerprint density at radius 2 is 1.64 bits per heavy atom. The van der Waals surface area contributed by atoms with Crippen molar-refractivity contribution in [3.63, 3.8) is 0 Å². The lowest BCUT2D eigenvalue weighted by atomic mass is 10.1. The minimum absolute atomic E-state index is 0.0814. The largest absolute Gasteiger partial charge is 0.507 e. The normalized spacial score (nSPS) is 13.7. The van der Waals surface area contributed by atoms with Crippen molar-refractivity contribution in [1.29, 1.82) is 0 Å². The molecule has 0 aromatic heterocycles. The van der Waals surface area contributed by atoms with Gasteiger partial charge in [-0.3, -0.25) is 9.59 Å². The molecule has 0 aliphatic carbocycles. The molecule has 1 aliphatic heterocycles. The van der Waals surface area contributed by atoms with Crippen LogP contribution in [-0.4, -0.2) is 47.5 Å². The highest BCUT2D eigenvalue weighted by Gasteiger charge is 2.21. The van der Waals surface area contributed by atoms with E-state index >= 15 is 0 Å². The minimum Gasteiger partial charge on any atom is -0.507 e. The van der Waals surface area contributed by atoms with Crippen LogP contribution in [0, 0.1) is 13.8 Å². The number of carbonyl (C=O) groups excluding carboxylic acids is 3. The summed E-state index contributed by atoms with van der Waals surface area (Å²) in [4.78, 5) is 38.2. The van der Waals surface area contributed by atoms with Gasteiger partial charge in [-0.1, -0.05) is 12.8 Å². The number of aromatic hydroxyl groups is 1. The van der Waals surface area contributed by atoms with Crippen molar-refractivity contribution in [3.05, 3.63) is 47.0 Å². The fourth-order valence-electron chi connectivity index (χ4n) is 3.87. The molecule has 0 bridgehead atoms. The predicted octanol–water partition coefficient (Wildman–Crippen LogP) is 4.32. The molecule has 1 aliphatic rings. The van der Waals surface area contributed by atoms with Gasteiger partial charge in [0.25, 0.3) is 5.91 Å². The molecule has 2 aromatic rings. The van der Waals surface area contributed by atoms with Crippen molar-refractivity contribution < 1.29 is 29.0 Å². The third-order valence-corrected chi connectivity index (χ3v) is 5.49. The van der Waals surface area contributed by atoms with Crippen LogP contribution in [0.3, 0.4) is 0 Å². The number of anilines is 1. The van der Waals surface area contributed by atoms with E-state index in [0.717, 1.165) is 36.8 Å². The van der Waals surface area contributed by atoms with Crippen molar-refractivity contribution in [3.8, 4) is 17.2 Å². The lowest BCUT2D eigenvalue weighted by Crippen LogP contribution is -2.31. The van der Waals surface area contributed by atoms with Gasteiger partial charge < -0.3 is 24.8 Å². The molecule has 0 radical (unpaired) electrons. The van der Waals surface area contributed by atoms with Crippen LogP contribution >= 0.6 is 0 Å². The Hall–Kier alpha value is -3.55. The van der Waals surface area contributed by atoms with E-state index in [1.54, 1.807) is 36.1 Å². The lowest BCUT2D eigenvalue weighted by Gasteiger charge is -2.21. The Balaban J connectivity index is 1.79. The number of nitrogens with one attached hydrogen (secondary N) is 1. The second-order valence-corrected chi connectivity index (χ2v) is 8.10. The zero-order chi connectivity index (χ0) is 24.0. The van der Waals surface area contributed by atoms with E-state index in [0.29, 0.717) is 30.3 Å². The first-order valence-electron chi connectivity index (χ1n) is 11.2. The van der Waals surface area contributed by atoms with Crippen molar-refractivity contribution in [2.45, 2.75) is 46.5 Å². The summed E-state index contributed by atoms with van der Waals surface area (Å²) in [6.07, 6.45) is 4.13. The zero-order valence-electron chi connectivity index (χ0n) is 19.3. The van der Waals surface area contributed by atoms with E-state index in [1.165, 1.54) is 6.07 Å². The van der Waals surface area contributed by atoms with Gasteiger partial charge >= 0.3 is 11.9 Å². The topological polar surface area (TPSA) is 105 Å². The average molecular weight is 455 g/mol. The van der Waals surface area contributed by atoms with Crippen LogP contribution in [0.25, 0.3) is 0 Å². The molecule has 176 valence electrons. The van der Waals surface area contributed by atoms with Crippen LogP contribution in [0.2, 0.25) is 0 Å². The van der Waals surface area contributed by atoms with Gasteiger partial charge in [0, 0.05) is 18.8 Å². The molecule has 0 spiro atoms. The number of aryl methyl sites for hydroxylation is 2. The van der Waals surface area contributed by atoms with Crippen LogP contribution in [0.4, 0.5) is 5.69 Å². The summed E-state index contributed by atoms with van der Waals surface area (Å²) in [5.74, 6) is -1.10. The Morgan fingerprint density at radius 1 is 1.00 bits per heavy atom. The first kappa shape index (κ1) is 24.1. The van der Waals surface area contributed by atoms with Gasteiger partial charge in [-0.2, -0.15) is 0 Å². The van der Waals surface area contributed by atoms with Crippen molar-refractivity contribution >= 4 is 23.5 Å². The number of phenolic OH excluding ortho intramolecular Hbond substituents is 1. The number of carbonyl (C=O) groups is 3. The number of hydrogen-bond donors (Lipinski definition) is 2. The highest BCUT2D eigenvalue weighted by Crippen LogP contribution is 2.34. The number of phenols is 1. The SMILES string of the molecule is CCOC(=O)C(=O)Nc1cc(C)c(Oc2ccc(O)c(C(=O)N3CCCCCC3)c2)c(C)c1. The first-order chi connectivity index (χ1) is 15.8. The third-order valence-electron chi connectivity index (χ3n) is 5.49. The van der Waals surface area contributed by atoms with Crippen LogP contribution in [-0.2, 0) is 14.3 Å². The molecule has 1 saturated heterocycles. The molecule has 1 fully saturated rings. The summed E-state index contributed by atoms with van der Waals surface area (Å²) in [6.45, 7) is 6.73. The standard InChI is InChI=1S/C25H30N2O6/c1-4-32-25(31)23(29)26-18-13-16(2)22(17(3)14-18)33-19-9-10-21(28)20(15-19)24(30)27-11-7-5-6-8-12-27/h9-10,13-15,28H,4-8,11-12H2,1-3H3,(H,26,29). The van der Waals surface area contributed by atoms with Gasteiger partial charge in [0.05, 0.1) is 12.2 Å². The van der Waals surface area contributed by atoms with Gasteiger partial charge in [0.15, 0.2) is 0 Å². The predicted molar refractivity (Wildman–Crippen MR) is 124 cm³/mol. The molecule has 8 nitrogen and oxygen atoms in total. The molecular weight excluding hydrogens is 424 g/mol. The molecule has 0 saturated carbocycles. The molecule has 33 heavy (non-hydrogen) atoms. The summed E-state index contributed by atoms with van der Waals surface area (Å²) in [5, 5.41) is 12.8. The van der Waals surface area contributed by atoms with Crippen LogP contribution in [0.5, 0.6) is 17.2 Å². The van der Waals surface area contributed by atoms with E-state index in [4.69, 9.17) is 9.47 Å². The summed E-state index contributed by atoms with van der Waals surface area (Å²) < 4.78 is 10.8.